The lowest BCUT2D eigenvalue weighted by atomic mass is 10.1. The Kier molecular flexibility index (Phi) is 5.90. The van der Waals surface area contributed by atoms with E-state index < -0.39 is 18.6 Å². The molecule has 0 aliphatic carbocycles. The molecular weight excluding hydrogens is 352 g/mol. The van der Waals surface area contributed by atoms with E-state index in [9.17, 15) is 9.90 Å². The molecule has 3 aromatic rings. The van der Waals surface area contributed by atoms with Gasteiger partial charge in [-0.15, -0.1) is 0 Å². The molecule has 142 valence electrons. The number of oxazole rings is 1. The average Bonchev–Trinajstić information content (AvgIpc) is 3.18. The summed E-state index contributed by atoms with van der Waals surface area (Å²) in [4.78, 5) is 15.9. The molecule has 0 bridgehead atoms. The second kappa shape index (κ2) is 8.52. The van der Waals surface area contributed by atoms with Crippen molar-refractivity contribution in [3.63, 3.8) is 0 Å². The zero-order valence-corrected chi connectivity index (χ0v) is 14.7. The number of rotatable bonds is 8. The molecule has 1 atom stereocenters. The van der Waals surface area contributed by atoms with Gasteiger partial charge >= 0.3 is 0 Å². The van der Waals surface area contributed by atoms with Crippen LogP contribution in [-0.2, 0) is 6.61 Å². The Morgan fingerprint density at radius 1 is 1.22 bits per heavy atom. The summed E-state index contributed by atoms with van der Waals surface area (Å²) in [7, 11) is 1.61. The van der Waals surface area contributed by atoms with Crippen LogP contribution in [0.25, 0.3) is 10.8 Å². The molecule has 1 aromatic heterocycles. The summed E-state index contributed by atoms with van der Waals surface area (Å²) >= 11 is 0. The molecule has 0 radical (unpaired) electrons. The van der Waals surface area contributed by atoms with Gasteiger partial charge in [0, 0.05) is 6.54 Å². The highest BCUT2D eigenvalue weighted by Gasteiger charge is 2.14. The van der Waals surface area contributed by atoms with Crippen LogP contribution in [0, 0.1) is 0 Å². The summed E-state index contributed by atoms with van der Waals surface area (Å²) in [6.45, 7) is -0.452. The molecule has 0 aliphatic heterocycles. The number of carbonyl (C=O) groups excluding carboxylic acids is 1. The molecule has 2 aromatic carbocycles. The molecule has 0 spiro atoms. The zero-order valence-electron chi connectivity index (χ0n) is 14.7. The van der Waals surface area contributed by atoms with E-state index in [1.165, 1.54) is 6.26 Å². The van der Waals surface area contributed by atoms with Crippen LogP contribution in [0.15, 0.2) is 47.1 Å². The molecule has 8 heteroatoms. The van der Waals surface area contributed by atoms with E-state index >= 15 is 0 Å². The van der Waals surface area contributed by atoms with Crippen LogP contribution in [0.5, 0.6) is 11.5 Å². The van der Waals surface area contributed by atoms with E-state index in [1.807, 2.05) is 36.4 Å². The van der Waals surface area contributed by atoms with Gasteiger partial charge in [-0.05, 0) is 35.0 Å². The first-order valence-corrected chi connectivity index (χ1v) is 8.31. The lowest BCUT2D eigenvalue weighted by Gasteiger charge is -2.07. The number of amides is 1. The van der Waals surface area contributed by atoms with Crippen LogP contribution in [0.2, 0.25) is 0 Å². The third-order valence-electron chi connectivity index (χ3n) is 3.87. The topological polar surface area (TPSA) is 114 Å². The molecule has 27 heavy (non-hydrogen) atoms. The van der Waals surface area contributed by atoms with E-state index in [4.69, 9.17) is 19.0 Å². The van der Waals surface area contributed by atoms with Crippen molar-refractivity contribution < 1.29 is 28.9 Å². The summed E-state index contributed by atoms with van der Waals surface area (Å²) in [6.07, 6.45) is 0.195. The minimum Gasteiger partial charge on any atom is -0.497 e. The number of nitrogens with zero attached hydrogens (tertiary/aromatic N) is 1. The second-order valence-electron chi connectivity index (χ2n) is 5.84. The third kappa shape index (κ3) is 4.75. The molecule has 0 saturated heterocycles. The highest BCUT2D eigenvalue weighted by molar-refractivity contribution is 5.91. The first kappa shape index (κ1) is 18.7. The van der Waals surface area contributed by atoms with Crippen molar-refractivity contribution in [1.82, 2.24) is 10.3 Å². The summed E-state index contributed by atoms with van der Waals surface area (Å²) in [6, 6.07) is 11.4. The SMILES string of the molecule is COc1ccc2ccc(OCc3nc(C(=O)NC[C@H](O)CO)co3)cc2c1. The van der Waals surface area contributed by atoms with Crippen LogP contribution in [0.3, 0.4) is 0 Å². The Balaban J connectivity index is 1.61. The molecule has 3 rings (SSSR count). The fourth-order valence-corrected chi connectivity index (χ4v) is 2.41. The van der Waals surface area contributed by atoms with E-state index in [0.29, 0.717) is 5.75 Å². The molecule has 0 unspecified atom stereocenters. The van der Waals surface area contributed by atoms with Crippen LogP contribution in [-0.4, -0.2) is 47.5 Å². The first-order valence-electron chi connectivity index (χ1n) is 8.31. The van der Waals surface area contributed by atoms with Gasteiger partial charge in [0.25, 0.3) is 5.91 Å². The number of methoxy groups -OCH3 is 1. The summed E-state index contributed by atoms with van der Waals surface area (Å²) in [5.74, 6) is 1.13. The van der Waals surface area contributed by atoms with Crippen molar-refractivity contribution in [3.8, 4) is 11.5 Å². The maximum atomic E-state index is 11.9. The highest BCUT2D eigenvalue weighted by Crippen LogP contribution is 2.25. The van der Waals surface area contributed by atoms with Gasteiger partial charge < -0.3 is 29.4 Å². The Morgan fingerprint density at radius 2 is 1.96 bits per heavy atom. The van der Waals surface area contributed by atoms with Crippen LogP contribution in [0.4, 0.5) is 0 Å². The second-order valence-corrected chi connectivity index (χ2v) is 5.84. The van der Waals surface area contributed by atoms with Gasteiger partial charge in [0.05, 0.1) is 19.8 Å². The standard InChI is InChI=1S/C19H20N2O6/c1-25-15-4-2-12-3-5-16(7-13(12)6-15)26-11-18-21-17(10-27-18)19(24)20-8-14(23)9-22/h2-7,10,14,22-23H,8-9,11H2,1H3,(H,20,24)/t14-/m0/s1. The minimum absolute atomic E-state index is 0.0576. The average molecular weight is 372 g/mol. The third-order valence-corrected chi connectivity index (χ3v) is 3.87. The van der Waals surface area contributed by atoms with Gasteiger partial charge in [-0.3, -0.25) is 4.79 Å². The number of hydrogen-bond donors (Lipinski definition) is 3. The van der Waals surface area contributed by atoms with Gasteiger partial charge in [0.15, 0.2) is 12.3 Å². The van der Waals surface area contributed by atoms with Crippen LogP contribution in [0.1, 0.15) is 16.4 Å². The normalized spacial score (nSPS) is 12.0. The van der Waals surface area contributed by atoms with Crippen molar-refractivity contribution in [1.29, 1.82) is 0 Å². The van der Waals surface area contributed by atoms with Gasteiger partial charge in [-0.2, -0.15) is 0 Å². The van der Waals surface area contributed by atoms with Gasteiger partial charge in [-0.25, -0.2) is 4.98 Å². The number of aliphatic hydroxyl groups excluding tert-OH is 2. The van der Waals surface area contributed by atoms with Crippen LogP contribution < -0.4 is 14.8 Å². The lowest BCUT2D eigenvalue weighted by Crippen LogP contribution is -2.34. The number of hydrogen-bond acceptors (Lipinski definition) is 7. The van der Waals surface area contributed by atoms with E-state index in [0.717, 1.165) is 16.5 Å². The number of carbonyl (C=O) groups is 1. The van der Waals surface area contributed by atoms with E-state index in [-0.39, 0.29) is 24.7 Å². The molecule has 0 aliphatic rings. The summed E-state index contributed by atoms with van der Waals surface area (Å²) < 4.78 is 16.1. The summed E-state index contributed by atoms with van der Waals surface area (Å²) in [5, 5.41) is 22.5. The predicted octanol–water partition coefficient (Wildman–Crippen LogP) is 1.50. The number of nitrogens with one attached hydrogen (secondary N) is 1. The first-order chi connectivity index (χ1) is 13.1. The molecule has 0 saturated carbocycles. The highest BCUT2D eigenvalue weighted by atomic mass is 16.5. The van der Waals surface area contributed by atoms with Gasteiger partial charge in [0.2, 0.25) is 5.89 Å². The van der Waals surface area contributed by atoms with E-state index in [1.54, 1.807) is 7.11 Å². The monoisotopic (exact) mass is 372 g/mol. The van der Waals surface area contributed by atoms with Crippen molar-refractivity contribution in [2.24, 2.45) is 0 Å². The molecule has 1 amide bonds. The molecule has 0 fully saturated rings. The van der Waals surface area contributed by atoms with E-state index in [2.05, 4.69) is 10.3 Å². The molecule has 8 nitrogen and oxygen atoms in total. The summed E-state index contributed by atoms with van der Waals surface area (Å²) in [5.41, 5.74) is 0.0713. The Morgan fingerprint density at radius 3 is 2.70 bits per heavy atom. The van der Waals surface area contributed by atoms with Crippen molar-refractivity contribution in [2.45, 2.75) is 12.7 Å². The van der Waals surface area contributed by atoms with Gasteiger partial charge in [0.1, 0.15) is 17.8 Å². The number of fused-ring (bicyclic) bond motifs is 1. The fourth-order valence-electron chi connectivity index (χ4n) is 2.41. The number of aromatic nitrogens is 1. The Labute approximate surface area is 155 Å². The molecule has 3 N–H and O–H groups in total. The van der Waals surface area contributed by atoms with Crippen molar-refractivity contribution >= 4 is 16.7 Å². The Hall–Kier alpha value is -3.10. The molecular formula is C19H20N2O6. The van der Waals surface area contributed by atoms with Gasteiger partial charge in [-0.1, -0.05) is 12.1 Å². The molecule has 1 heterocycles. The smallest absolute Gasteiger partial charge is 0.273 e. The van der Waals surface area contributed by atoms with Crippen molar-refractivity contribution in [3.05, 3.63) is 54.2 Å². The number of ether oxygens (including phenoxy) is 2. The maximum absolute atomic E-state index is 11.9. The minimum atomic E-state index is -1.02. The maximum Gasteiger partial charge on any atom is 0.273 e. The quantitative estimate of drug-likeness (QED) is 0.549. The lowest BCUT2D eigenvalue weighted by molar-refractivity contribution is 0.0798. The zero-order chi connectivity index (χ0) is 19.2. The van der Waals surface area contributed by atoms with Crippen LogP contribution >= 0.6 is 0 Å². The number of aliphatic hydroxyl groups is 2. The fraction of sp³-hybridized carbons (Fsp3) is 0.263. The predicted molar refractivity (Wildman–Crippen MR) is 96.8 cm³/mol. The number of benzene rings is 2. The van der Waals surface area contributed by atoms with Crippen molar-refractivity contribution in [2.75, 3.05) is 20.3 Å². The largest absolute Gasteiger partial charge is 0.497 e. The Bertz CT molecular complexity index is 923.